The second-order valence-electron chi connectivity index (χ2n) is 2.97. The number of sulfone groups is 1. The number of carbonyl (C=O) groups is 1. The molecule has 0 saturated carbocycles. The van der Waals surface area contributed by atoms with Gasteiger partial charge in [0.25, 0.3) is 0 Å². The lowest BCUT2D eigenvalue weighted by atomic mass is 10.5. The molecule has 0 aromatic heterocycles. The van der Waals surface area contributed by atoms with Gasteiger partial charge in [0, 0.05) is 19.6 Å². The minimum Gasteiger partial charge on any atom is -0.338 e. The third-order valence-electron chi connectivity index (χ3n) is 1.96. The highest BCUT2D eigenvalue weighted by Crippen LogP contribution is 2.03. The van der Waals surface area contributed by atoms with Gasteiger partial charge < -0.3 is 10.2 Å². The van der Waals surface area contributed by atoms with Crippen LogP contribution in [0.15, 0.2) is 0 Å². The van der Waals surface area contributed by atoms with E-state index < -0.39 is 9.84 Å². The second-order valence-corrected chi connectivity index (χ2v) is 5.28. The molecule has 0 radical (unpaired) electrons. The predicted octanol–water partition coefficient (Wildman–Crippen LogP) is -0.554. The van der Waals surface area contributed by atoms with Crippen molar-refractivity contribution >= 4 is 15.9 Å². The molecule has 5 nitrogen and oxygen atoms in total. The second kappa shape index (κ2) is 3.95. The third kappa shape index (κ3) is 2.87. The van der Waals surface area contributed by atoms with Crippen LogP contribution < -0.4 is 5.32 Å². The monoisotopic (exact) mass is 206 g/mol. The molecule has 0 unspecified atom stereocenters. The minimum atomic E-state index is -2.89. The highest BCUT2D eigenvalue weighted by Gasteiger charge is 2.24. The Morgan fingerprint density at radius 3 is 2.38 bits per heavy atom. The lowest BCUT2D eigenvalue weighted by molar-refractivity contribution is 0.203. The number of rotatable bonds is 1. The summed E-state index contributed by atoms with van der Waals surface area (Å²) in [4.78, 5) is 12.8. The van der Waals surface area contributed by atoms with E-state index >= 15 is 0 Å². The molecule has 0 spiro atoms. The molecule has 1 N–H and O–H groups in total. The average molecular weight is 206 g/mol. The van der Waals surface area contributed by atoms with Crippen LogP contribution in [0.3, 0.4) is 0 Å². The summed E-state index contributed by atoms with van der Waals surface area (Å²) in [6, 6.07) is -0.169. The maximum Gasteiger partial charge on any atom is 0.317 e. The standard InChI is InChI=1S/C7H14N2O3S/c1-2-8-7(10)9-3-5-13(11,12)6-4-9/h2-6H2,1H3,(H,8,10). The fourth-order valence-electron chi connectivity index (χ4n) is 1.18. The Hall–Kier alpha value is -0.780. The first-order valence-corrected chi connectivity index (χ1v) is 6.10. The molecule has 0 aromatic rings. The molecule has 1 saturated heterocycles. The molecule has 1 heterocycles. The van der Waals surface area contributed by atoms with E-state index in [2.05, 4.69) is 5.32 Å². The van der Waals surface area contributed by atoms with E-state index in [-0.39, 0.29) is 17.5 Å². The zero-order valence-electron chi connectivity index (χ0n) is 7.62. The van der Waals surface area contributed by atoms with Crippen LogP contribution in [0.2, 0.25) is 0 Å². The number of nitrogens with one attached hydrogen (secondary N) is 1. The van der Waals surface area contributed by atoms with Gasteiger partial charge in [-0.15, -0.1) is 0 Å². The Balaban J connectivity index is 2.45. The lowest BCUT2D eigenvalue weighted by Gasteiger charge is -2.26. The van der Waals surface area contributed by atoms with Crippen LogP contribution in [0.25, 0.3) is 0 Å². The molecular formula is C7H14N2O3S. The van der Waals surface area contributed by atoms with Gasteiger partial charge in [0.1, 0.15) is 0 Å². The Bertz CT molecular complexity index is 272. The molecule has 0 aliphatic carbocycles. The van der Waals surface area contributed by atoms with Gasteiger partial charge in [-0.05, 0) is 6.92 Å². The van der Waals surface area contributed by atoms with E-state index in [9.17, 15) is 13.2 Å². The van der Waals surface area contributed by atoms with E-state index in [1.165, 1.54) is 4.90 Å². The summed E-state index contributed by atoms with van der Waals surface area (Å²) in [5.41, 5.74) is 0. The molecule has 2 amide bonds. The van der Waals surface area contributed by atoms with Crippen molar-refractivity contribution in [2.24, 2.45) is 0 Å². The molecular weight excluding hydrogens is 192 g/mol. The van der Waals surface area contributed by atoms with E-state index in [1.54, 1.807) is 0 Å². The van der Waals surface area contributed by atoms with Crippen molar-refractivity contribution in [1.82, 2.24) is 10.2 Å². The minimum absolute atomic E-state index is 0.0874. The van der Waals surface area contributed by atoms with Crippen molar-refractivity contribution in [2.45, 2.75) is 6.92 Å². The first kappa shape index (κ1) is 10.3. The molecule has 6 heteroatoms. The molecule has 1 aliphatic rings. The quantitative estimate of drug-likeness (QED) is 0.625. The largest absolute Gasteiger partial charge is 0.338 e. The van der Waals surface area contributed by atoms with Crippen LogP contribution in [-0.4, -0.2) is 50.5 Å². The topological polar surface area (TPSA) is 66.5 Å². The number of nitrogens with zero attached hydrogens (tertiary/aromatic N) is 1. The van der Waals surface area contributed by atoms with Gasteiger partial charge in [-0.25, -0.2) is 13.2 Å². The van der Waals surface area contributed by atoms with E-state index in [0.717, 1.165) is 0 Å². The Morgan fingerprint density at radius 2 is 1.92 bits per heavy atom. The van der Waals surface area contributed by atoms with Crippen LogP contribution in [0, 0.1) is 0 Å². The number of hydrogen-bond donors (Lipinski definition) is 1. The van der Waals surface area contributed by atoms with Crippen molar-refractivity contribution in [3.8, 4) is 0 Å². The summed E-state index contributed by atoms with van der Waals surface area (Å²) < 4.78 is 22.0. The third-order valence-corrected chi connectivity index (χ3v) is 3.57. The van der Waals surface area contributed by atoms with Gasteiger partial charge in [-0.3, -0.25) is 0 Å². The molecule has 0 atom stereocenters. The summed E-state index contributed by atoms with van der Waals surface area (Å²) in [6.07, 6.45) is 0. The Morgan fingerprint density at radius 1 is 1.38 bits per heavy atom. The fraction of sp³-hybridized carbons (Fsp3) is 0.857. The van der Waals surface area contributed by atoms with Gasteiger partial charge in [-0.1, -0.05) is 0 Å². The maximum atomic E-state index is 11.2. The molecule has 1 aliphatic heterocycles. The first-order valence-electron chi connectivity index (χ1n) is 4.28. The summed E-state index contributed by atoms with van der Waals surface area (Å²) in [6.45, 7) is 3.03. The highest BCUT2D eigenvalue weighted by molar-refractivity contribution is 7.91. The molecule has 13 heavy (non-hydrogen) atoms. The van der Waals surface area contributed by atoms with Gasteiger partial charge >= 0.3 is 6.03 Å². The zero-order chi connectivity index (χ0) is 9.90. The van der Waals surface area contributed by atoms with Crippen LogP contribution >= 0.6 is 0 Å². The van der Waals surface area contributed by atoms with Crippen LogP contribution in [0.1, 0.15) is 6.92 Å². The Labute approximate surface area is 78.0 Å². The van der Waals surface area contributed by atoms with Gasteiger partial charge in [-0.2, -0.15) is 0 Å². The SMILES string of the molecule is CCNC(=O)N1CCS(=O)(=O)CC1. The van der Waals surface area contributed by atoms with Crippen LogP contribution in [-0.2, 0) is 9.84 Å². The summed E-state index contributed by atoms with van der Waals surface area (Å²) >= 11 is 0. The molecule has 1 fully saturated rings. The maximum absolute atomic E-state index is 11.2. The molecule has 76 valence electrons. The highest BCUT2D eigenvalue weighted by atomic mass is 32.2. The zero-order valence-corrected chi connectivity index (χ0v) is 8.43. The average Bonchev–Trinajstić information content (AvgIpc) is 2.04. The van der Waals surface area contributed by atoms with Crippen molar-refractivity contribution < 1.29 is 13.2 Å². The normalized spacial score (nSPS) is 21.2. The number of urea groups is 1. The summed E-state index contributed by atoms with van der Waals surface area (Å²) in [5.74, 6) is 0.175. The number of hydrogen-bond acceptors (Lipinski definition) is 3. The molecule has 1 rings (SSSR count). The van der Waals surface area contributed by atoms with E-state index in [1.807, 2.05) is 6.92 Å². The number of amides is 2. The fourth-order valence-corrected chi connectivity index (χ4v) is 2.38. The predicted molar refractivity (Wildman–Crippen MR) is 49.3 cm³/mol. The molecule has 0 bridgehead atoms. The summed E-state index contributed by atoms with van der Waals surface area (Å²) in [5, 5.41) is 2.63. The smallest absolute Gasteiger partial charge is 0.317 e. The number of carbonyl (C=O) groups excluding carboxylic acids is 1. The summed E-state index contributed by atoms with van der Waals surface area (Å²) in [7, 11) is -2.89. The van der Waals surface area contributed by atoms with E-state index in [0.29, 0.717) is 19.6 Å². The first-order chi connectivity index (χ1) is 6.05. The Kier molecular flexibility index (Phi) is 3.13. The van der Waals surface area contributed by atoms with Crippen molar-refractivity contribution in [2.75, 3.05) is 31.1 Å². The van der Waals surface area contributed by atoms with Crippen molar-refractivity contribution in [3.63, 3.8) is 0 Å². The lowest BCUT2D eigenvalue weighted by Crippen LogP contribution is -2.48. The van der Waals surface area contributed by atoms with Crippen molar-refractivity contribution in [1.29, 1.82) is 0 Å². The van der Waals surface area contributed by atoms with Crippen LogP contribution in [0.4, 0.5) is 4.79 Å². The van der Waals surface area contributed by atoms with E-state index in [4.69, 9.17) is 0 Å². The van der Waals surface area contributed by atoms with Gasteiger partial charge in [0.05, 0.1) is 11.5 Å². The van der Waals surface area contributed by atoms with Crippen LogP contribution in [0.5, 0.6) is 0 Å². The molecule has 0 aromatic carbocycles. The van der Waals surface area contributed by atoms with Crippen molar-refractivity contribution in [3.05, 3.63) is 0 Å². The van der Waals surface area contributed by atoms with Gasteiger partial charge in [0.15, 0.2) is 9.84 Å². The van der Waals surface area contributed by atoms with Gasteiger partial charge in [0.2, 0.25) is 0 Å².